The third kappa shape index (κ3) is 517. The van der Waals surface area contributed by atoms with Crippen LogP contribution in [0.1, 0.15) is 0 Å². The van der Waals surface area contributed by atoms with E-state index in [-0.39, 0.29) is 23.1 Å². The molecule has 0 saturated heterocycles. The van der Waals surface area contributed by atoms with E-state index in [0.29, 0.717) is 0 Å². The largest absolute Gasteiger partial charge is 2.00 e. The van der Waals surface area contributed by atoms with E-state index in [1.165, 1.54) is 0 Å². The van der Waals surface area contributed by atoms with Gasteiger partial charge in [-0.15, -0.1) is 0 Å². The molecule has 2 atom stereocenters. The van der Waals surface area contributed by atoms with Gasteiger partial charge in [-0.25, -0.2) is 8.42 Å². The number of hydrogen-bond donors (Lipinski definition) is 2. The summed E-state index contributed by atoms with van der Waals surface area (Å²) in [7, 11) is 0. The second-order valence-electron chi connectivity index (χ2n) is 0.434. The molecule has 0 bridgehead atoms. The summed E-state index contributed by atoms with van der Waals surface area (Å²) in [6, 6.07) is 0. The first-order valence-electron chi connectivity index (χ1n) is 1.03. The summed E-state index contributed by atoms with van der Waals surface area (Å²) in [4.78, 5) is 0. The van der Waals surface area contributed by atoms with Crippen LogP contribution in [0.5, 0.6) is 0 Å². The SMILES string of the molecule is O=S([O-])O.O=S([O-])O.[Mg+2]. The molecule has 0 aromatic heterocycles. The summed E-state index contributed by atoms with van der Waals surface area (Å²) in [6.45, 7) is 0. The van der Waals surface area contributed by atoms with Gasteiger partial charge in [-0.05, 0) is 0 Å². The molecule has 2 unspecified atom stereocenters. The summed E-state index contributed by atoms with van der Waals surface area (Å²) in [5.74, 6) is 0. The van der Waals surface area contributed by atoms with Crippen molar-refractivity contribution < 1.29 is 26.6 Å². The van der Waals surface area contributed by atoms with Gasteiger partial charge in [0.1, 0.15) is 0 Å². The normalized spacial score (nSPS) is 13.8. The van der Waals surface area contributed by atoms with Crippen LogP contribution < -0.4 is 0 Å². The Morgan fingerprint density at radius 1 is 1.00 bits per heavy atom. The minimum absolute atomic E-state index is 0. The zero-order chi connectivity index (χ0) is 7.15. The smallest absolute Gasteiger partial charge is 0.750 e. The van der Waals surface area contributed by atoms with Gasteiger partial charge in [0, 0.05) is 0 Å². The molecule has 0 aliphatic heterocycles. The summed E-state index contributed by atoms with van der Waals surface area (Å²) in [5.41, 5.74) is 0. The third-order valence-electron chi connectivity index (χ3n) is 0. The molecule has 9 heavy (non-hydrogen) atoms. The van der Waals surface area contributed by atoms with Gasteiger partial charge in [-0.2, -0.15) is 0 Å². The van der Waals surface area contributed by atoms with Gasteiger partial charge >= 0.3 is 23.1 Å². The molecule has 0 radical (unpaired) electrons. The fourth-order valence-electron chi connectivity index (χ4n) is 0. The molecular formula is H2MgO6S2. The molecule has 0 spiro atoms. The average Bonchev–Trinajstić information content (AvgIpc) is 1.25. The van der Waals surface area contributed by atoms with Crippen LogP contribution in [0.2, 0.25) is 0 Å². The van der Waals surface area contributed by atoms with Crippen molar-refractivity contribution in [3.8, 4) is 0 Å². The van der Waals surface area contributed by atoms with E-state index in [4.69, 9.17) is 26.6 Å². The van der Waals surface area contributed by atoms with Crippen molar-refractivity contribution in [2.24, 2.45) is 0 Å². The average molecular weight is 186 g/mol. The molecule has 0 aliphatic rings. The van der Waals surface area contributed by atoms with Crippen LogP contribution in [0, 0.1) is 0 Å². The Bertz CT molecular complexity index is 69.1. The molecule has 0 fully saturated rings. The van der Waals surface area contributed by atoms with E-state index in [0.717, 1.165) is 0 Å². The van der Waals surface area contributed by atoms with Crippen LogP contribution in [-0.4, -0.2) is 49.7 Å². The van der Waals surface area contributed by atoms with E-state index in [1.807, 2.05) is 0 Å². The zero-order valence-corrected chi connectivity index (χ0v) is 7.10. The molecule has 0 aromatic carbocycles. The first-order chi connectivity index (χ1) is 3.46. The second-order valence-corrected chi connectivity index (χ2v) is 1.30. The molecule has 0 amide bonds. The maximum atomic E-state index is 8.56. The molecule has 6 nitrogen and oxygen atoms in total. The predicted octanol–water partition coefficient (Wildman–Crippen LogP) is -1.70. The van der Waals surface area contributed by atoms with Gasteiger partial charge in [-0.1, -0.05) is 0 Å². The molecule has 52 valence electrons. The van der Waals surface area contributed by atoms with E-state index >= 15 is 0 Å². The van der Waals surface area contributed by atoms with Crippen molar-refractivity contribution in [2.75, 3.05) is 0 Å². The van der Waals surface area contributed by atoms with Crippen molar-refractivity contribution in [1.29, 1.82) is 0 Å². The summed E-state index contributed by atoms with van der Waals surface area (Å²) < 4.78 is 48.2. The Balaban J connectivity index is -0.0000000720. The molecule has 0 aliphatic carbocycles. The van der Waals surface area contributed by atoms with Crippen molar-refractivity contribution >= 4 is 45.8 Å². The minimum atomic E-state index is -2.86. The second kappa shape index (κ2) is 11.7. The Hall–Kier alpha value is 0.906. The van der Waals surface area contributed by atoms with Gasteiger partial charge in [0.15, 0.2) is 0 Å². The quantitative estimate of drug-likeness (QED) is 0.343. The summed E-state index contributed by atoms with van der Waals surface area (Å²) >= 11 is -5.72. The first-order valence-corrected chi connectivity index (χ1v) is 3.10. The van der Waals surface area contributed by atoms with Gasteiger partial charge in [-0.3, -0.25) is 0 Å². The minimum Gasteiger partial charge on any atom is -0.750 e. The van der Waals surface area contributed by atoms with E-state index < -0.39 is 22.7 Å². The Kier molecular flexibility index (Phi) is 21.4. The molecule has 0 rings (SSSR count). The number of rotatable bonds is 0. The van der Waals surface area contributed by atoms with E-state index in [2.05, 4.69) is 0 Å². The van der Waals surface area contributed by atoms with Crippen LogP contribution >= 0.6 is 0 Å². The topological polar surface area (TPSA) is 121 Å². The molecule has 9 heteroatoms. The van der Waals surface area contributed by atoms with Crippen LogP contribution in [0.25, 0.3) is 0 Å². The fraction of sp³-hybridized carbons (Fsp3) is 0. The Morgan fingerprint density at radius 2 is 1.00 bits per heavy atom. The van der Waals surface area contributed by atoms with Gasteiger partial charge in [0.25, 0.3) is 0 Å². The zero-order valence-electron chi connectivity index (χ0n) is 4.05. The van der Waals surface area contributed by atoms with Crippen molar-refractivity contribution in [2.45, 2.75) is 0 Å². The molecule has 0 saturated carbocycles. The monoisotopic (exact) mass is 186 g/mol. The summed E-state index contributed by atoms with van der Waals surface area (Å²) in [6.07, 6.45) is 0. The van der Waals surface area contributed by atoms with Crippen LogP contribution in [0.15, 0.2) is 0 Å². The number of hydrogen-bond acceptors (Lipinski definition) is 4. The van der Waals surface area contributed by atoms with Crippen LogP contribution in [0.4, 0.5) is 0 Å². The van der Waals surface area contributed by atoms with Crippen molar-refractivity contribution in [3.05, 3.63) is 0 Å². The van der Waals surface area contributed by atoms with E-state index in [9.17, 15) is 0 Å². The van der Waals surface area contributed by atoms with Gasteiger partial charge in [0.2, 0.25) is 0 Å². The maximum absolute atomic E-state index is 8.56. The van der Waals surface area contributed by atoms with Crippen molar-refractivity contribution in [1.82, 2.24) is 0 Å². The molecule has 2 N–H and O–H groups in total. The standard InChI is InChI=1S/Mg.2H2O3S/c;2*1-4(2)3/h;2*(H2,1,2,3)/q+2;;/p-2. The third-order valence-corrected chi connectivity index (χ3v) is 0. The van der Waals surface area contributed by atoms with Crippen molar-refractivity contribution in [3.63, 3.8) is 0 Å². The van der Waals surface area contributed by atoms with Crippen LogP contribution in [-0.2, 0) is 22.7 Å². The fourth-order valence-corrected chi connectivity index (χ4v) is 0. The summed E-state index contributed by atoms with van der Waals surface area (Å²) in [5, 5.41) is 0. The van der Waals surface area contributed by atoms with Crippen LogP contribution in [0.3, 0.4) is 0 Å². The molecule has 0 heterocycles. The molecule has 0 aromatic rings. The maximum Gasteiger partial charge on any atom is 2.00 e. The van der Waals surface area contributed by atoms with E-state index in [1.54, 1.807) is 0 Å². The molecular weight excluding hydrogens is 184 g/mol. The Labute approximate surface area is 72.4 Å². The predicted molar refractivity (Wildman–Crippen MR) is 28.9 cm³/mol. The van der Waals surface area contributed by atoms with Gasteiger partial charge < -0.3 is 18.2 Å². The Morgan fingerprint density at radius 3 is 1.00 bits per heavy atom. The van der Waals surface area contributed by atoms with Gasteiger partial charge in [0.05, 0.1) is 22.7 Å². The first kappa shape index (κ1) is 16.5.